The van der Waals surface area contributed by atoms with Crippen molar-refractivity contribution in [3.8, 4) is 5.75 Å². The molecule has 0 saturated carbocycles. The minimum Gasteiger partial charge on any atom is -0.491 e. The van der Waals surface area contributed by atoms with Crippen molar-refractivity contribution in [2.75, 3.05) is 5.33 Å². The Labute approximate surface area is 88.2 Å². The number of para-hydroxylation sites is 1. The fourth-order valence-electron chi connectivity index (χ4n) is 1.15. The highest BCUT2D eigenvalue weighted by molar-refractivity contribution is 9.09. The topological polar surface area (TPSA) is 9.23 Å². The fraction of sp³-hybridized carbons (Fsp3) is 0.455. The van der Waals surface area contributed by atoms with E-state index in [4.69, 9.17) is 4.74 Å². The van der Waals surface area contributed by atoms with E-state index in [-0.39, 0.29) is 0 Å². The van der Waals surface area contributed by atoms with Crippen LogP contribution in [-0.4, -0.2) is 11.4 Å². The van der Waals surface area contributed by atoms with Gasteiger partial charge in [0.15, 0.2) is 0 Å². The maximum Gasteiger partial charge on any atom is 0.119 e. The summed E-state index contributed by atoms with van der Waals surface area (Å²) in [7, 11) is 0. The molecule has 2 heteroatoms. The van der Waals surface area contributed by atoms with Crippen molar-refractivity contribution >= 4 is 15.9 Å². The molecule has 0 aliphatic carbocycles. The summed E-state index contributed by atoms with van der Waals surface area (Å²) in [6.45, 7) is 2.11. The molecule has 0 aliphatic heterocycles. The van der Waals surface area contributed by atoms with Crippen LogP contribution < -0.4 is 4.74 Å². The third-order valence-corrected chi connectivity index (χ3v) is 2.39. The van der Waals surface area contributed by atoms with E-state index in [2.05, 4.69) is 22.9 Å². The molecule has 0 aromatic heterocycles. The van der Waals surface area contributed by atoms with Gasteiger partial charge in [0.2, 0.25) is 0 Å². The molecule has 0 N–H and O–H groups in total. The van der Waals surface area contributed by atoms with Gasteiger partial charge in [0.1, 0.15) is 5.75 Å². The average Bonchev–Trinajstić information content (AvgIpc) is 2.16. The van der Waals surface area contributed by atoms with E-state index in [1.807, 2.05) is 30.3 Å². The summed E-state index contributed by atoms with van der Waals surface area (Å²) in [5.41, 5.74) is 0. The molecule has 1 aromatic carbocycles. The smallest absolute Gasteiger partial charge is 0.119 e. The number of halogens is 1. The molecule has 0 bridgehead atoms. The van der Waals surface area contributed by atoms with E-state index in [0.29, 0.717) is 6.10 Å². The molecule has 1 unspecified atom stereocenters. The molecule has 0 aliphatic rings. The minimum absolute atomic E-state index is 0.306. The van der Waals surface area contributed by atoms with Crippen LogP contribution >= 0.6 is 15.9 Å². The zero-order chi connectivity index (χ0) is 9.52. The number of hydrogen-bond donors (Lipinski definition) is 0. The Morgan fingerprint density at radius 2 is 2.00 bits per heavy atom. The Morgan fingerprint density at radius 3 is 2.62 bits per heavy atom. The van der Waals surface area contributed by atoms with E-state index >= 15 is 0 Å². The molecule has 0 fully saturated rings. The molecule has 0 amide bonds. The van der Waals surface area contributed by atoms with Crippen LogP contribution in [0.25, 0.3) is 0 Å². The van der Waals surface area contributed by atoms with Gasteiger partial charge in [0, 0.05) is 5.33 Å². The lowest BCUT2D eigenvalue weighted by atomic mass is 10.2. The Balaban J connectivity index is 2.32. The van der Waals surface area contributed by atoms with Crippen molar-refractivity contribution in [3.05, 3.63) is 30.3 Å². The van der Waals surface area contributed by atoms with Gasteiger partial charge in [0.05, 0.1) is 6.10 Å². The summed E-state index contributed by atoms with van der Waals surface area (Å²) >= 11 is 3.41. The number of alkyl halides is 1. The average molecular weight is 243 g/mol. The molecular formula is C11H15BrO. The maximum absolute atomic E-state index is 5.70. The molecule has 1 aromatic rings. The van der Waals surface area contributed by atoms with Crippen LogP contribution in [0.1, 0.15) is 19.8 Å². The third-order valence-electron chi connectivity index (χ3n) is 1.82. The molecular weight excluding hydrogens is 228 g/mol. The van der Waals surface area contributed by atoms with Gasteiger partial charge in [-0.3, -0.25) is 0 Å². The number of ether oxygens (including phenoxy) is 1. The van der Waals surface area contributed by atoms with Gasteiger partial charge in [-0.15, -0.1) is 0 Å². The van der Waals surface area contributed by atoms with Crippen molar-refractivity contribution in [3.63, 3.8) is 0 Å². The summed E-state index contributed by atoms with van der Waals surface area (Å²) in [4.78, 5) is 0. The van der Waals surface area contributed by atoms with Crippen molar-refractivity contribution < 1.29 is 4.74 Å². The minimum atomic E-state index is 0.306. The molecule has 1 nitrogen and oxygen atoms in total. The second-order valence-electron chi connectivity index (χ2n) is 3.07. The zero-order valence-corrected chi connectivity index (χ0v) is 9.46. The molecule has 1 atom stereocenters. The summed E-state index contributed by atoms with van der Waals surface area (Å²) < 4.78 is 5.70. The second-order valence-corrected chi connectivity index (χ2v) is 3.87. The second kappa shape index (κ2) is 6.03. The standard InChI is InChI=1S/C11H15BrO/c1-10(6-5-9-12)13-11-7-3-2-4-8-11/h2-4,7-8,10H,5-6,9H2,1H3. The normalized spacial score (nSPS) is 12.5. The Morgan fingerprint density at radius 1 is 1.31 bits per heavy atom. The van der Waals surface area contributed by atoms with Crippen molar-refractivity contribution in [1.82, 2.24) is 0 Å². The van der Waals surface area contributed by atoms with Crippen LogP contribution in [0.5, 0.6) is 5.75 Å². The molecule has 0 saturated heterocycles. The molecule has 0 heterocycles. The van der Waals surface area contributed by atoms with E-state index in [9.17, 15) is 0 Å². The first kappa shape index (κ1) is 10.6. The van der Waals surface area contributed by atoms with Crippen molar-refractivity contribution in [1.29, 1.82) is 0 Å². The monoisotopic (exact) mass is 242 g/mol. The quantitative estimate of drug-likeness (QED) is 0.717. The van der Waals surface area contributed by atoms with Gasteiger partial charge in [-0.1, -0.05) is 34.1 Å². The molecule has 72 valence electrons. The Bertz CT molecular complexity index is 223. The van der Waals surface area contributed by atoms with Gasteiger partial charge in [-0.2, -0.15) is 0 Å². The predicted molar refractivity (Wildman–Crippen MR) is 59.6 cm³/mol. The predicted octanol–water partition coefficient (Wildman–Crippen LogP) is 3.63. The van der Waals surface area contributed by atoms with E-state index in [1.54, 1.807) is 0 Å². The molecule has 0 radical (unpaired) electrons. The first-order valence-corrected chi connectivity index (χ1v) is 5.72. The van der Waals surface area contributed by atoms with Crippen LogP contribution in [0.2, 0.25) is 0 Å². The number of hydrogen-bond acceptors (Lipinski definition) is 1. The van der Waals surface area contributed by atoms with Gasteiger partial charge in [-0.25, -0.2) is 0 Å². The summed E-state index contributed by atoms with van der Waals surface area (Å²) in [5.74, 6) is 0.963. The Kier molecular flexibility index (Phi) is 4.91. The van der Waals surface area contributed by atoms with Crippen LogP contribution in [-0.2, 0) is 0 Å². The lowest BCUT2D eigenvalue weighted by Gasteiger charge is -2.13. The lowest BCUT2D eigenvalue weighted by Crippen LogP contribution is -2.11. The zero-order valence-electron chi connectivity index (χ0n) is 7.87. The van der Waals surface area contributed by atoms with Crippen molar-refractivity contribution in [2.24, 2.45) is 0 Å². The van der Waals surface area contributed by atoms with Gasteiger partial charge in [0.25, 0.3) is 0 Å². The number of rotatable bonds is 5. The van der Waals surface area contributed by atoms with E-state index < -0.39 is 0 Å². The SMILES string of the molecule is CC(CCCBr)Oc1ccccc1. The highest BCUT2D eigenvalue weighted by atomic mass is 79.9. The van der Waals surface area contributed by atoms with Crippen molar-refractivity contribution in [2.45, 2.75) is 25.9 Å². The van der Waals surface area contributed by atoms with Crippen LogP contribution in [0.3, 0.4) is 0 Å². The van der Waals surface area contributed by atoms with Crippen LogP contribution in [0.4, 0.5) is 0 Å². The summed E-state index contributed by atoms with van der Waals surface area (Å²) in [5, 5.41) is 1.05. The molecule has 1 rings (SSSR count). The maximum atomic E-state index is 5.70. The number of benzene rings is 1. The summed E-state index contributed by atoms with van der Waals surface area (Å²) in [6.07, 6.45) is 2.56. The van der Waals surface area contributed by atoms with Crippen LogP contribution in [0.15, 0.2) is 30.3 Å². The highest BCUT2D eigenvalue weighted by Gasteiger charge is 2.01. The van der Waals surface area contributed by atoms with Crippen LogP contribution in [0, 0.1) is 0 Å². The molecule has 13 heavy (non-hydrogen) atoms. The first-order valence-electron chi connectivity index (χ1n) is 4.60. The Hall–Kier alpha value is -0.500. The molecule has 0 spiro atoms. The van der Waals surface area contributed by atoms with E-state index in [0.717, 1.165) is 23.9 Å². The van der Waals surface area contributed by atoms with Gasteiger partial charge < -0.3 is 4.74 Å². The third kappa shape index (κ3) is 4.32. The summed E-state index contributed by atoms with van der Waals surface area (Å²) in [6, 6.07) is 9.96. The lowest BCUT2D eigenvalue weighted by molar-refractivity contribution is 0.210. The first-order chi connectivity index (χ1) is 6.33. The fourth-order valence-corrected chi connectivity index (χ4v) is 1.48. The van der Waals surface area contributed by atoms with Gasteiger partial charge in [-0.05, 0) is 31.9 Å². The largest absolute Gasteiger partial charge is 0.491 e. The van der Waals surface area contributed by atoms with E-state index in [1.165, 1.54) is 0 Å². The van der Waals surface area contributed by atoms with Gasteiger partial charge >= 0.3 is 0 Å². The highest BCUT2D eigenvalue weighted by Crippen LogP contribution is 2.13.